The first-order valence-electron chi connectivity index (χ1n) is 7.43. The standard InChI is InChI=1S/C16H26N4O3/c1-11(21)19-13-10-12(17)6-7-14(13)20(5)9-8-18-15(22)23-16(2,3)4/h6-7,10H,8-9,17H2,1-5H3,(H,18,22)(H,19,21). The Bertz CT molecular complexity index is 567. The summed E-state index contributed by atoms with van der Waals surface area (Å²) in [5, 5.41) is 5.45. The van der Waals surface area contributed by atoms with E-state index < -0.39 is 11.7 Å². The number of hydrogen-bond donors (Lipinski definition) is 3. The molecule has 4 N–H and O–H groups in total. The first-order valence-corrected chi connectivity index (χ1v) is 7.43. The number of benzene rings is 1. The number of nitrogens with two attached hydrogens (primary N) is 1. The summed E-state index contributed by atoms with van der Waals surface area (Å²) in [6.45, 7) is 7.84. The number of ether oxygens (including phenoxy) is 1. The summed E-state index contributed by atoms with van der Waals surface area (Å²) < 4.78 is 5.18. The molecule has 0 saturated carbocycles. The number of nitrogen functional groups attached to an aromatic ring is 1. The second-order valence-corrected chi connectivity index (χ2v) is 6.31. The normalized spacial score (nSPS) is 10.8. The number of likely N-dealkylation sites (N-methyl/N-ethyl adjacent to an activating group) is 1. The van der Waals surface area contributed by atoms with Gasteiger partial charge in [0.15, 0.2) is 0 Å². The highest BCUT2D eigenvalue weighted by molar-refractivity contribution is 5.93. The van der Waals surface area contributed by atoms with Crippen LogP contribution in [0.2, 0.25) is 0 Å². The lowest BCUT2D eigenvalue weighted by Crippen LogP contribution is -2.37. The summed E-state index contributed by atoms with van der Waals surface area (Å²) in [4.78, 5) is 24.8. The van der Waals surface area contributed by atoms with Crippen LogP contribution in [0.5, 0.6) is 0 Å². The topological polar surface area (TPSA) is 96.7 Å². The molecule has 1 aromatic carbocycles. The molecule has 0 unspecified atom stereocenters. The Hall–Kier alpha value is -2.44. The van der Waals surface area contributed by atoms with E-state index in [-0.39, 0.29) is 5.91 Å². The summed E-state index contributed by atoms with van der Waals surface area (Å²) in [6.07, 6.45) is -0.453. The molecular weight excluding hydrogens is 296 g/mol. The lowest BCUT2D eigenvalue weighted by Gasteiger charge is -2.24. The van der Waals surface area contributed by atoms with Gasteiger partial charge in [0.1, 0.15) is 5.60 Å². The molecule has 0 aliphatic rings. The van der Waals surface area contributed by atoms with Gasteiger partial charge in [0.25, 0.3) is 0 Å². The third kappa shape index (κ3) is 6.90. The van der Waals surface area contributed by atoms with E-state index in [2.05, 4.69) is 10.6 Å². The van der Waals surface area contributed by atoms with Crippen LogP contribution in [0, 0.1) is 0 Å². The third-order valence-electron chi connectivity index (χ3n) is 2.86. The van der Waals surface area contributed by atoms with Crippen LogP contribution < -0.4 is 21.3 Å². The molecule has 1 rings (SSSR count). The van der Waals surface area contributed by atoms with Gasteiger partial charge in [0.05, 0.1) is 11.4 Å². The molecule has 0 aromatic heterocycles. The number of nitrogens with zero attached hydrogens (tertiary/aromatic N) is 1. The van der Waals surface area contributed by atoms with Crippen molar-refractivity contribution >= 4 is 29.1 Å². The van der Waals surface area contributed by atoms with Crippen LogP contribution in [0.1, 0.15) is 27.7 Å². The number of nitrogens with one attached hydrogen (secondary N) is 2. The molecule has 7 nitrogen and oxygen atoms in total. The Morgan fingerprint density at radius 3 is 2.52 bits per heavy atom. The van der Waals surface area contributed by atoms with Gasteiger partial charge in [-0.2, -0.15) is 0 Å². The van der Waals surface area contributed by atoms with Crippen LogP contribution in [0.15, 0.2) is 18.2 Å². The molecule has 0 fully saturated rings. The average molecular weight is 322 g/mol. The number of carbonyl (C=O) groups excluding carboxylic acids is 2. The molecule has 0 atom stereocenters. The van der Waals surface area contributed by atoms with Gasteiger partial charge < -0.3 is 26.0 Å². The van der Waals surface area contributed by atoms with E-state index in [4.69, 9.17) is 10.5 Å². The Morgan fingerprint density at radius 1 is 1.30 bits per heavy atom. The van der Waals surface area contributed by atoms with Gasteiger partial charge in [0.2, 0.25) is 5.91 Å². The first kappa shape index (κ1) is 18.6. The molecule has 1 aromatic rings. The Kier molecular flexibility index (Phi) is 6.24. The predicted octanol–water partition coefficient (Wildman–Crippen LogP) is 2.19. The second-order valence-electron chi connectivity index (χ2n) is 6.31. The van der Waals surface area contributed by atoms with Crippen molar-refractivity contribution < 1.29 is 14.3 Å². The van der Waals surface area contributed by atoms with Gasteiger partial charge in [-0.05, 0) is 39.0 Å². The van der Waals surface area contributed by atoms with Crippen LogP contribution >= 0.6 is 0 Å². The Balaban J connectivity index is 2.63. The SMILES string of the molecule is CC(=O)Nc1cc(N)ccc1N(C)CCNC(=O)OC(C)(C)C. The maximum absolute atomic E-state index is 11.6. The molecule has 128 valence electrons. The van der Waals surface area contributed by atoms with Crippen molar-refractivity contribution in [3.63, 3.8) is 0 Å². The molecule has 0 aliphatic heterocycles. The highest BCUT2D eigenvalue weighted by Crippen LogP contribution is 2.27. The Morgan fingerprint density at radius 2 is 1.96 bits per heavy atom. The van der Waals surface area contributed by atoms with Crippen molar-refractivity contribution in [2.75, 3.05) is 36.1 Å². The number of anilines is 3. The fourth-order valence-corrected chi connectivity index (χ4v) is 1.94. The molecule has 0 spiro atoms. The summed E-state index contributed by atoms with van der Waals surface area (Å²) in [5.41, 5.74) is 7.26. The zero-order valence-corrected chi connectivity index (χ0v) is 14.4. The molecule has 2 amide bonds. The highest BCUT2D eigenvalue weighted by atomic mass is 16.6. The maximum atomic E-state index is 11.6. The zero-order valence-electron chi connectivity index (χ0n) is 14.4. The predicted molar refractivity (Wildman–Crippen MR) is 92.7 cm³/mol. The maximum Gasteiger partial charge on any atom is 0.407 e. The molecule has 0 heterocycles. The van der Waals surface area contributed by atoms with Crippen molar-refractivity contribution in [1.82, 2.24) is 5.32 Å². The molecule has 23 heavy (non-hydrogen) atoms. The van der Waals surface area contributed by atoms with Gasteiger partial charge in [-0.15, -0.1) is 0 Å². The Labute approximate surface area is 137 Å². The van der Waals surface area contributed by atoms with Crippen molar-refractivity contribution in [1.29, 1.82) is 0 Å². The summed E-state index contributed by atoms with van der Waals surface area (Å²) in [5.74, 6) is -0.169. The molecule has 0 bridgehead atoms. The molecule has 0 saturated heterocycles. The van der Waals surface area contributed by atoms with E-state index in [1.54, 1.807) is 12.1 Å². The van der Waals surface area contributed by atoms with Gasteiger partial charge >= 0.3 is 6.09 Å². The lowest BCUT2D eigenvalue weighted by atomic mass is 10.2. The minimum Gasteiger partial charge on any atom is -0.444 e. The largest absolute Gasteiger partial charge is 0.444 e. The average Bonchev–Trinajstić information content (AvgIpc) is 2.35. The number of rotatable bonds is 5. The van der Waals surface area contributed by atoms with Crippen molar-refractivity contribution in [2.24, 2.45) is 0 Å². The first-order chi connectivity index (χ1) is 10.6. The van der Waals surface area contributed by atoms with E-state index in [0.717, 1.165) is 5.69 Å². The fraction of sp³-hybridized carbons (Fsp3) is 0.500. The van der Waals surface area contributed by atoms with Crippen LogP contribution in [0.4, 0.5) is 21.9 Å². The molecular formula is C16H26N4O3. The number of carbonyl (C=O) groups is 2. The summed E-state index contributed by atoms with van der Waals surface area (Å²) >= 11 is 0. The van der Waals surface area contributed by atoms with Gasteiger partial charge in [0, 0.05) is 32.7 Å². The zero-order chi connectivity index (χ0) is 17.6. The number of alkyl carbamates (subject to hydrolysis) is 1. The highest BCUT2D eigenvalue weighted by Gasteiger charge is 2.16. The summed E-state index contributed by atoms with van der Waals surface area (Å²) in [6, 6.07) is 5.29. The fourth-order valence-electron chi connectivity index (χ4n) is 1.94. The van der Waals surface area contributed by atoms with E-state index >= 15 is 0 Å². The van der Waals surface area contributed by atoms with Crippen LogP contribution in [0.25, 0.3) is 0 Å². The van der Waals surface area contributed by atoms with E-state index in [9.17, 15) is 9.59 Å². The second kappa shape index (κ2) is 7.71. The van der Waals surface area contributed by atoms with Gasteiger partial charge in [-0.1, -0.05) is 0 Å². The monoisotopic (exact) mass is 322 g/mol. The quantitative estimate of drug-likeness (QED) is 0.722. The van der Waals surface area contributed by atoms with Crippen molar-refractivity contribution in [2.45, 2.75) is 33.3 Å². The molecule has 0 radical (unpaired) electrons. The summed E-state index contributed by atoms with van der Waals surface area (Å²) in [7, 11) is 1.87. The van der Waals surface area contributed by atoms with Gasteiger partial charge in [-0.25, -0.2) is 4.79 Å². The van der Waals surface area contributed by atoms with Crippen LogP contribution in [0.3, 0.4) is 0 Å². The van der Waals surface area contributed by atoms with Crippen molar-refractivity contribution in [3.05, 3.63) is 18.2 Å². The smallest absolute Gasteiger partial charge is 0.407 e. The minimum absolute atomic E-state index is 0.169. The third-order valence-corrected chi connectivity index (χ3v) is 2.86. The lowest BCUT2D eigenvalue weighted by molar-refractivity contribution is -0.114. The van der Waals surface area contributed by atoms with Crippen molar-refractivity contribution in [3.8, 4) is 0 Å². The van der Waals surface area contributed by atoms with E-state index in [0.29, 0.717) is 24.5 Å². The molecule has 7 heteroatoms. The van der Waals surface area contributed by atoms with Crippen LogP contribution in [-0.4, -0.2) is 37.7 Å². The minimum atomic E-state index is -0.522. The number of hydrogen-bond acceptors (Lipinski definition) is 5. The number of amides is 2. The molecule has 0 aliphatic carbocycles. The van der Waals surface area contributed by atoms with Crippen LogP contribution in [-0.2, 0) is 9.53 Å². The van der Waals surface area contributed by atoms with E-state index in [1.807, 2.05) is 38.8 Å². The van der Waals surface area contributed by atoms with Gasteiger partial charge in [-0.3, -0.25) is 4.79 Å². The van der Waals surface area contributed by atoms with E-state index in [1.165, 1.54) is 6.92 Å².